The van der Waals surface area contributed by atoms with Crippen LogP contribution in [0.2, 0.25) is 10.0 Å². The molecule has 0 unspecified atom stereocenters. The van der Waals surface area contributed by atoms with E-state index in [-0.39, 0.29) is 5.75 Å². The van der Waals surface area contributed by atoms with Gasteiger partial charge in [0, 0.05) is 55.6 Å². The lowest BCUT2D eigenvalue weighted by Gasteiger charge is -2.23. The van der Waals surface area contributed by atoms with E-state index in [1.54, 1.807) is 31.1 Å². The molecule has 0 saturated heterocycles. The summed E-state index contributed by atoms with van der Waals surface area (Å²) in [6.07, 6.45) is -1.06. The molecule has 0 saturated carbocycles. The molecule has 29 heavy (non-hydrogen) atoms. The Labute approximate surface area is 179 Å². The largest absolute Gasteiger partial charge is 0.511 e. The van der Waals surface area contributed by atoms with Gasteiger partial charge in [-0.15, -0.1) is 0 Å². The van der Waals surface area contributed by atoms with Crippen LogP contribution in [0.3, 0.4) is 0 Å². The van der Waals surface area contributed by atoms with Crippen LogP contribution in [-0.4, -0.2) is 44.4 Å². The molecule has 3 rings (SSSR count). The zero-order valence-electron chi connectivity index (χ0n) is 16.5. The Balaban J connectivity index is 2.42. The monoisotopic (exact) mass is 433 g/mol. The number of hydrogen-bond donors (Lipinski definition) is 1. The summed E-state index contributed by atoms with van der Waals surface area (Å²) in [5.41, 5.74) is 3.01. The Bertz CT molecular complexity index is 1080. The summed E-state index contributed by atoms with van der Waals surface area (Å²) in [4.78, 5) is 19.8. The van der Waals surface area contributed by atoms with Crippen LogP contribution in [-0.2, 0) is 6.42 Å². The predicted molar refractivity (Wildman–Crippen MR) is 118 cm³/mol. The third-order valence-electron chi connectivity index (χ3n) is 4.49. The van der Waals surface area contributed by atoms with Crippen LogP contribution in [0.25, 0.3) is 10.9 Å². The zero-order chi connectivity index (χ0) is 21.3. The van der Waals surface area contributed by atoms with Crippen molar-refractivity contribution in [2.75, 3.05) is 38.0 Å². The number of halogens is 2. The second-order valence-corrected chi connectivity index (χ2v) is 7.83. The maximum Gasteiger partial charge on any atom is 0.511 e. The van der Waals surface area contributed by atoms with Crippen LogP contribution in [0.4, 0.5) is 16.3 Å². The zero-order valence-corrected chi connectivity index (χ0v) is 18.0. The highest BCUT2D eigenvalue weighted by Crippen LogP contribution is 2.41. The summed E-state index contributed by atoms with van der Waals surface area (Å²) in [6.45, 7) is 0. The molecule has 8 heteroatoms. The molecule has 3 aromatic rings. The Morgan fingerprint density at radius 2 is 1.79 bits per heavy atom. The van der Waals surface area contributed by atoms with E-state index in [2.05, 4.69) is 0 Å². The van der Waals surface area contributed by atoms with E-state index in [0.29, 0.717) is 38.8 Å². The van der Waals surface area contributed by atoms with Crippen LogP contribution in [0, 0.1) is 0 Å². The van der Waals surface area contributed by atoms with Gasteiger partial charge in [-0.2, -0.15) is 0 Å². The molecule has 2 aromatic carbocycles. The van der Waals surface area contributed by atoms with Gasteiger partial charge in [0.2, 0.25) is 0 Å². The van der Waals surface area contributed by atoms with Crippen LogP contribution < -0.4 is 14.5 Å². The van der Waals surface area contributed by atoms with E-state index in [4.69, 9.17) is 32.9 Å². The number of carbonyl (C=O) groups is 1. The van der Waals surface area contributed by atoms with Crippen molar-refractivity contribution in [1.29, 1.82) is 0 Å². The third kappa shape index (κ3) is 4.33. The molecule has 6 nitrogen and oxygen atoms in total. The van der Waals surface area contributed by atoms with E-state index in [0.717, 1.165) is 11.3 Å². The van der Waals surface area contributed by atoms with Crippen molar-refractivity contribution < 1.29 is 14.6 Å². The predicted octanol–water partition coefficient (Wildman–Crippen LogP) is 5.32. The third-order valence-corrected chi connectivity index (χ3v) is 5.08. The first-order valence-electron chi connectivity index (χ1n) is 8.84. The molecular weight excluding hydrogens is 413 g/mol. The summed E-state index contributed by atoms with van der Waals surface area (Å²) < 4.78 is 5.21. The Kier molecular flexibility index (Phi) is 6.05. The molecule has 1 N–H and O–H groups in total. The SMILES string of the molecule is CN(C)c1nc2c(N(C)C)cc(Cl)cc2c(Cc2ccccc2Cl)c1OC(=O)O. The molecule has 0 bridgehead atoms. The number of anilines is 2. The van der Waals surface area contributed by atoms with Crippen molar-refractivity contribution >= 4 is 51.8 Å². The molecule has 0 amide bonds. The van der Waals surface area contributed by atoms with E-state index in [9.17, 15) is 9.90 Å². The van der Waals surface area contributed by atoms with Crippen LogP contribution in [0.1, 0.15) is 11.1 Å². The molecule has 1 heterocycles. The molecule has 0 atom stereocenters. The van der Waals surface area contributed by atoms with Crippen molar-refractivity contribution in [3.63, 3.8) is 0 Å². The van der Waals surface area contributed by atoms with Gasteiger partial charge in [-0.25, -0.2) is 9.78 Å². The first-order valence-corrected chi connectivity index (χ1v) is 9.59. The normalized spacial score (nSPS) is 10.8. The van der Waals surface area contributed by atoms with Gasteiger partial charge in [-0.05, 0) is 23.8 Å². The summed E-state index contributed by atoms with van der Waals surface area (Å²) in [5.74, 6) is 0.578. The van der Waals surface area contributed by atoms with Crippen molar-refractivity contribution in [1.82, 2.24) is 4.98 Å². The van der Waals surface area contributed by atoms with Crippen LogP contribution in [0.15, 0.2) is 36.4 Å². The fourth-order valence-corrected chi connectivity index (χ4v) is 3.61. The van der Waals surface area contributed by atoms with Gasteiger partial charge in [-0.3, -0.25) is 0 Å². The first kappa shape index (κ1) is 21.0. The van der Waals surface area contributed by atoms with Gasteiger partial charge in [0.25, 0.3) is 0 Å². The van der Waals surface area contributed by atoms with Gasteiger partial charge in [0.05, 0.1) is 11.2 Å². The number of rotatable bonds is 5. The summed E-state index contributed by atoms with van der Waals surface area (Å²) in [5, 5.41) is 11.2. The number of fused-ring (bicyclic) bond motifs is 1. The highest BCUT2D eigenvalue weighted by atomic mass is 35.5. The van der Waals surface area contributed by atoms with Gasteiger partial charge in [0.1, 0.15) is 0 Å². The molecule has 0 fully saturated rings. The number of carboxylic acid groups (broad SMARTS) is 1. The van der Waals surface area contributed by atoms with Crippen molar-refractivity contribution in [2.24, 2.45) is 0 Å². The fraction of sp³-hybridized carbons (Fsp3) is 0.238. The topological polar surface area (TPSA) is 65.9 Å². The average Bonchev–Trinajstić information content (AvgIpc) is 2.63. The maximum atomic E-state index is 11.5. The van der Waals surface area contributed by atoms with E-state index in [1.807, 2.05) is 43.3 Å². The molecule has 152 valence electrons. The maximum absolute atomic E-state index is 11.5. The average molecular weight is 434 g/mol. The number of benzene rings is 2. The molecule has 0 radical (unpaired) electrons. The number of aromatic nitrogens is 1. The first-order chi connectivity index (χ1) is 13.7. The fourth-order valence-electron chi connectivity index (χ4n) is 3.19. The summed E-state index contributed by atoms with van der Waals surface area (Å²) >= 11 is 12.8. The number of hydrogen-bond acceptors (Lipinski definition) is 5. The van der Waals surface area contributed by atoms with Crippen molar-refractivity contribution in [3.8, 4) is 5.75 Å². The summed E-state index contributed by atoms with van der Waals surface area (Å²) in [6, 6.07) is 11.0. The smallest absolute Gasteiger partial charge is 0.449 e. The summed E-state index contributed by atoms with van der Waals surface area (Å²) in [7, 11) is 7.37. The standard InChI is InChI=1S/C21H21Cl2N3O3/c1-25(2)17-11-13(22)10-14-15(9-12-7-5-6-8-16(12)23)19(29-21(27)28)20(26(3)4)24-18(14)17/h5-8,10-11H,9H2,1-4H3,(H,27,28). The second-order valence-electron chi connectivity index (χ2n) is 6.99. The minimum absolute atomic E-state index is 0.168. The van der Waals surface area contributed by atoms with E-state index < -0.39 is 6.16 Å². The Hall–Kier alpha value is -2.70. The van der Waals surface area contributed by atoms with Crippen molar-refractivity contribution in [3.05, 3.63) is 57.6 Å². The molecule has 0 aliphatic heterocycles. The highest BCUT2D eigenvalue weighted by molar-refractivity contribution is 6.32. The minimum Gasteiger partial charge on any atom is -0.449 e. The lowest BCUT2D eigenvalue weighted by molar-refractivity contribution is 0.144. The number of nitrogens with zero attached hydrogens (tertiary/aromatic N) is 3. The quantitative estimate of drug-likeness (QED) is 0.549. The van der Waals surface area contributed by atoms with Gasteiger partial charge >= 0.3 is 6.16 Å². The molecule has 0 spiro atoms. The van der Waals surface area contributed by atoms with Crippen LogP contribution >= 0.6 is 23.2 Å². The molecule has 1 aromatic heterocycles. The van der Waals surface area contributed by atoms with Gasteiger partial charge < -0.3 is 19.6 Å². The number of pyridine rings is 1. The molecule has 0 aliphatic rings. The Morgan fingerprint density at radius 3 is 2.38 bits per heavy atom. The van der Waals surface area contributed by atoms with Crippen LogP contribution in [0.5, 0.6) is 5.75 Å². The van der Waals surface area contributed by atoms with Crippen molar-refractivity contribution in [2.45, 2.75) is 6.42 Å². The Morgan fingerprint density at radius 1 is 1.10 bits per heavy atom. The minimum atomic E-state index is -1.41. The lowest BCUT2D eigenvalue weighted by Crippen LogP contribution is -2.18. The molecular formula is C21H21Cl2N3O3. The van der Waals surface area contributed by atoms with Gasteiger partial charge in [-0.1, -0.05) is 41.4 Å². The van der Waals surface area contributed by atoms with E-state index in [1.165, 1.54) is 0 Å². The lowest BCUT2D eigenvalue weighted by atomic mass is 9.98. The van der Waals surface area contributed by atoms with Gasteiger partial charge in [0.15, 0.2) is 11.6 Å². The number of ether oxygens (including phenoxy) is 1. The molecule has 0 aliphatic carbocycles. The highest BCUT2D eigenvalue weighted by Gasteiger charge is 2.23. The second kappa shape index (κ2) is 8.35. The van der Waals surface area contributed by atoms with E-state index >= 15 is 0 Å².